The fourth-order valence-corrected chi connectivity index (χ4v) is 12.3. The van der Waals surface area contributed by atoms with Gasteiger partial charge >= 0.3 is 24.1 Å². The molecule has 12 rings (SSSR count). The molecule has 25 nitrogen and oxygen atoms in total. The van der Waals surface area contributed by atoms with E-state index in [1.54, 1.807) is 81.1 Å². The number of anilines is 3. The maximum atomic E-state index is 14.3. The summed E-state index contributed by atoms with van der Waals surface area (Å²) in [5.41, 5.74) is 7.26. The second-order valence-electron chi connectivity index (χ2n) is 25.9. The summed E-state index contributed by atoms with van der Waals surface area (Å²) in [6.07, 6.45) is 0.811. The maximum Gasteiger partial charge on any atom is 0.413 e. The lowest BCUT2D eigenvalue weighted by atomic mass is 9.95. The van der Waals surface area contributed by atoms with Crippen molar-refractivity contribution in [2.75, 3.05) is 28.7 Å². The Morgan fingerprint density at radius 1 is 0.525 bits per heavy atom. The van der Waals surface area contributed by atoms with Crippen LogP contribution in [0.5, 0.6) is 11.5 Å². The highest BCUT2D eigenvalue weighted by Crippen LogP contribution is 2.42. The lowest BCUT2D eigenvalue weighted by Crippen LogP contribution is -2.31. The SMILES string of the molecule is CCOCc1nc2c(NC(=O)OCc3ccc(OC(=O)CCCCC(=O)N4Cc5ccccc5-c5c(nnn5CCCCC(=O)Oc5ccc(COC(=O)Nc6nc7ccccc7c7c6nc(COCC)n7CC(C)(C)O)cc5)-c5ccccc54)cc3)nc3ccccc3c2n1CC(C)(C)O. The minimum absolute atomic E-state index is 0.0793. The highest BCUT2D eigenvalue weighted by atomic mass is 16.6. The number of amides is 3. The highest BCUT2D eigenvalue weighted by molar-refractivity contribution is 6.10. The first-order valence-corrected chi connectivity index (χ1v) is 33.8. The average Bonchev–Trinajstić information content (AvgIpc) is 1.65. The first kappa shape index (κ1) is 69.9. The fraction of sp³-hybridized carbons (Fsp3) is 0.329. The summed E-state index contributed by atoms with van der Waals surface area (Å²) in [4.78, 5) is 88.0. The van der Waals surface area contributed by atoms with Crippen LogP contribution < -0.4 is 25.0 Å². The number of aromatic nitrogens is 9. The molecular weight excluding hydrogens is 1290 g/mol. The van der Waals surface area contributed by atoms with Crippen LogP contribution in [-0.2, 0) is 85.9 Å². The molecule has 1 aliphatic heterocycles. The molecule has 0 spiro atoms. The molecule has 0 saturated heterocycles. The van der Waals surface area contributed by atoms with Gasteiger partial charge in [-0.15, -0.1) is 5.10 Å². The van der Waals surface area contributed by atoms with E-state index < -0.39 is 35.3 Å². The smallest absolute Gasteiger partial charge is 0.413 e. The first-order chi connectivity index (χ1) is 48.8. The van der Waals surface area contributed by atoms with Crippen molar-refractivity contribution < 1.29 is 62.6 Å². The molecule has 0 fully saturated rings. The van der Waals surface area contributed by atoms with Gasteiger partial charge in [-0.1, -0.05) is 108 Å². The Morgan fingerprint density at radius 2 is 0.990 bits per heavy atom. The van der Waals surface area contributed by atoms with E-state index in [4.69, 9.17) is 53.5 Å². The monoisotopic (exact) mass is 1370 g/mol. The van der Waals surface area contributed by atoms with E-state index in [0.717, 1.165) is 33.2 Å². The standard InChI is InChI=1S/C76H80N12O13/c1-7-96-44-60-79-66-68(86(60)46-75(3,4)94)54-23-11-14-26-57(54)77-71(66)81-73(92)98-42-48-32-36-51(37-33-48)100-63(90)30-18-17-29-62(89)85-41-50-21-9-10-22-53(50)70-65(56-25-13-16-28-59(56)85)83-84-88(70)40-20-19-31-64(91)101-52-38-34-49(35-39-52)43-99-74(93)82-72-67-69(55-24-12-15-27-58(55)78-72)87(47-76(5,6)95)61(80-67)45-97-8-2/h9-16,21-28,32-39,94-95H,7-8,17-20,29-31,40-47H2,1-6H3,(H,77,81,92)(H,78,82,93). The Labute approximate surface area is 582 Å². The summed E-state index contributed by atoms with van der Waals surface area (Å²) in [6.45, 7) is 13.0. The molecule has 0 unspecified atom stereocenters. The van der Waals surface area contributed by atoms with Gasteiger partial charge in [0.15, 0.2) is 11.6 Å². The summed E-state index contributed by atoms with van der Waals surface area (Å²) in [6, 6.07) is 43.9. The number of fused-ring (bicyclic) bond motifs is 11. The number of para-hydroxylation sites is 3. The molecule has 11 aromatic rings. The molecule has 6 heterocycles. The number of nitrogens with one attached hydrogen (secondary N) is 2. The minimum Gasteiger partial charge on any atom is -0.444 e. The zero-order chi connectivity index (χ0) is 70.8. The number of benzene rings is 6. The van der Waals surface area contributed by atoms with Crippen molar-refractivity contribution in [1.82, 2.24) is 44.1 Å². The Bertz CT molecular complexity index is 4840. The third-order valence-electron chi connectivity index (χ3n) is 16.9. The number of aliphatic hydroxyl groups is 2. The number of esters is 2. The molecule has 25 heteroatoms. The van der Waals surface area contributed by atoms with E-state index >= 15 is 0 Å². The molecular formula is C76H80N12O13. The van der Waals surface area contributed by atoms with Gasteiger partial charge < -0.3 is 52.7 Å². The predicted octanol–water partition coefficient (Wildman–Crippen LogP) is 13.3. The van der Waals surface area contributed by atoms with E-state index in [9.17, 15) is 34.2 Å². The Kier molecular flexibility index (Phi) is 21.5. The second kappa shape index (κ2) is 31.1. The number of rotatable bonds is 28. The number of ether oxygens (including phenoxy) is 6. The van der Waals surface area contributed by atoms with Crippen LogP contribution in [0.25, 0.3) is 66.4 Å². The summed E-state index contributed by atoms with van der Waals surface area (Å²) in [7, 11) is 0. The second-order valence-corrected chi connectivity index (χ2v) is 25.9. The zero-order valence-corrected chi connectivity index (χ0v) is 57.2. The van der Waals surface area contributed by atoms with Crippen molar-refractivity contribution in [2.24, 2.45) is 0 Å². The molecule has 101 heavy (non-hydrogen) atoms. The number of aryl methyl sites for hydroxylation is 1. The van der Waals surface area contributed by atoms with E-state index in [1.807, 2.05) is 125 Å². The lowest BCUT2D eigenvalue weighted by Gasteiger charge is -2.28. The summed E-state index contributed by atoms with van der Waals surface area (Å²) < 4.78 is 39.7. The highest BCUT2D eigenvalue weighted by Gasteiger charge is 2.31. The van der Waals surface area contributed by atoms with Crippen molar-refractivity contribution in [3.05, 3.63) is 174 Å². The van der Waals surface area contributed by atoms with Crippen LogP contribution >= 0.6 is 0 Å². The van der Waals surface area contributed by atoms with Gasteiger partial charge in [0, 0.05) is 60.9 Å². The molecule has 0 radical (unpaired) electrons. The minimum atomic E-state index is -1.08. The van der Waals surface area contributed by atoms with Gasteiger partial charge in [0.1, 0.15) is 66.3 Å². The number of hydrogen-bond donors (Lipinski definition) is 4. The molecule has 0 aliphatic carbocycles. The number of imidazole rings is 2. The quantitative estimate of drug-likeness (QED) is 0.0201. The van der Waals surface area contributed by atoms with Crippen LogP contribution in [0, 0.1) is 0 Å². The molecule has 0 bridgehead atoms. The molecule has 1 aliphatic rings. The van der Waals surface area contributed by atoms with Crippen LogP contribution in [-0.4, -0.2) is 109 Å². The molecule has 4 N–H and O–H groups in total. The largest absolute Gasteiger partial charge is 0.444 e. The number of nitrogens with zero attached hydrogens (tertiary/aromatic N) is 10. The molecule has 522 valence electrons. The Morgan fingerprint density at radius 3 is 1.50 bits per heavy atom. The maximum absolute atomic E-state index is 14.3. The Hall–Kier alpha value is -11.0. The average molecular weight is 1370 g/mol. The normalized spacial score (nSPS) is 12.2. The van der Waals surface area contributed by atoms with Crippen molar-refractivity contribution in [3.8, 4) is 34.0 Å². The van der Waals surface area contributed by atoms with E-state index in [-0.39, 0.29) is 82.9 Å². The number of carbonyl (C=O) groups excluding carboxylic acids is 5. The molecule has 3 amide bonds. The Balaban J connectivity index is 0.598. The van der Waals surface area contributed by atoms with E-state index in [2.05, 4.69) is 15.8 Å². The van der Waals surface area contributed by atoms with Gasteiger partial charge in [-0.2, -0.15) is 0 Å². The first-order valence-electron chi connectivity index (χ1n) is 33.8. The van der Waals surface area contributed by atoms with Gasteiger partial charge in [-0.3, -0.25) is 25.0 Å². The predicted molar refractivity (Wildman–Crippen MR) is 379 cm³/mol. The van der Waals surface area contributed by atoms with Gasteiger partial charge in [0.2, 0.25) is 5.91 Å². The zero-order valence-electron chi connectivity index (χ0n) is 57.2. The summed E-state index contributed by atoms with van der Waals surface area (Å²) >= 11 is 0. The summed E-state index contributed by atoms with van der Waals surface area (Å²) in [5.74, 6) is 1.23. The van der Waals surface area contributed by atoms with Gasteiger partial charge in [0.25, 0.3) is 0 Å². The lowest BCUT2D eigenvalue weighted by molar-refractivity contribution is -0.135. The van der Waals surface area contributed by atoms with Gasteiger partial charge in [-0.25, -0.2) is 34.2 Å². The van der Waals surface area contributed by atoms with Crippen LogP contribution in [0.15, 0.2) is 146 Å². The molecule has 6 aromatic carbocycles. The molecule has 0 atom stereocenters. The van der Waals surface area contributed by atoms with Crippen LogP contribution in [0.2, 0.25) is 0 Å². The van der Waals surface area contributed by atoms with Gasteiger partial charge in [-0.05, 0) is 126 Å². The number of hydrogen-bond acceptors (Lipinski definition) is 19. The van der Waals surface area contributed by atoms with Crippen molar-refractivity contribution >= 4 is 91.2 Å². The van der Waals surface area contributed by atoms with E-state index in [1.165, 1.54) is 0 Å². The summed E-state index contributed by atoms with van der Waals surface area (Å²) in [5, 5.41) is 38.2. The topological polar surface area (TPSA) is 301 Å². The number of carbonyl (C=O) groups is 5. The van der Waals surface area contributed by atoms with Crippen LogP contribution in [0.4, 0.5) is 26.9 Å². The molecule has 0 saturated carbocycles. The molecule has 5 aromatic heterocycles. The van der Waals surface area contributed by atoms with E-state index in [0.29, 0.717) is 124 Å². The fourth-order valence-electron chi connectivity index (χ4n) is 12.3. The van der Waals surface area contributed by atoms with Crippen molar-refractivity contribution in [2.45, 2.75) is 150 Å². The number of unbranched alkanes of at least 4 members (excludes halogenated alkanes) is 2. The number of pyridine rings is 2. The third-order valence-corrected chi connectivity index (χ3v) is 16.9. The van der Waals surface area contributed by atoms with Crippen LogP contribution in [0.3, 0.4) is 0 Å². The van der Waals surface area contributed by atoms with Crippen LogP contribution in [0.1, 0.15) is 115 Å². The van der Waals surface area contributed by atoms with Crippen molar-refractivity contribution in [3.63, 3.8) is 0 Å². The van der Waals surface area contributed by atoms with Crippen molar-refractivity contribution in [1.29, 1.82) is 0 Å². The van der Waals surface area contributed by atoms with Gasteiger partial charge in [0.05, 0.1) is 64.3 Å². The third kappa shape index (κ3) is 16.8.